The second kappa shape index (κ2) is 6.91. The summed E-state index contributed by atoms with van der Waals surface area (Å²) in [5.74, 6) is 1.98. The van der Waals surface area contributed by atoms with Gasteiger partial charge in [0.25, 0.3) is 5.91 Å². The molecule has 1 amide bonds. The SMILES string of the molecule is O=C(c1ncn[nH]1)N1CCN(c2ncnc3c2Cc2ccccc2OC3)CC1. The maximum atomic E-state index is 12.5. The van der Waals surface area contributed by atoms with Crippen LogP contribution in [0.4, 0.5) is 5.82 Å². The molecule has 0 spiro atoms. The number of amides is 1. The molecule has 9 heteroatoms. The number of carbonyl (C=O) groups excluding carboxylic acids is 1. The molecule has 0 radical (unpaired) electrons. The molecule has 1 saturated heterocycles. The molecule has 1 aromatic carbocycles. The summed E-state index contributed by atoms with van der Waals surface area (Å²) < 4.78 is 5.93. The van der Waals surface area contributed by atoms with Gasteiger partial charge in [-0.15, -0.1) is 0 Å². The zero-order chi connectivity index (χ0) is 18.9. The largest absolute Gasteiger partial charge is 0.487 e. The van der Waals surface area contributed by atoms with Crippen LogP contribution in [0.15, 0.2) is 36.9 Å². The van der Waals surface area contributed by atoms with Crippen molar-refractivity contribution in [3.8, 4) is 5.75 Å². The molecule has 0 saturated carbocycles. The van der Waals surface area contributed by atoms with Gasteiger partial charge >= 0.3 is 0 Å². The number of carbonyl (C=O) groups is 1. The smallest absolute Gasteiger partial charge is 0.291 e. The van der Waals surface area contributed by atoms with Crippen LogP contribution in [0.1, 0.15) is 27.4 Å². The van der Waals surface area contributed by atoms with E-state index >= 15 is 0 Å². The summed E-state index contributed by atoms with van der Waals surface area (Å²) >= 11 is 0. The van der Waals surface area contributed by atoms with E-state index in [0.29, 0.717) is 32.8 Å². The van der Waals surface area contributed by atoms with Crippen LogP contribution in [-0.2, 0) is 13.0 Å². The van der Waals surface area contributed by atoms with Gasteiger partial charge in [0.05, 0.1) is 5.69 Å². The Bertz CT molecular complexity index is 997. The van der Waals surface area contributed by atoms with Crippen molar-refractivity contribution < 1.29 is 9.53 Å². The number of hydrogen-bond acceptors (Lipinski definition) is 7. The Morgan fingerprint density at radius 2 is 1.89 bits per heavy atom. The van der Waals surface area contributed by atoms with E-state index in [9.17, 15) is 4.79 Å². The maximum Gasteiger partial charge on any atom is 0.291 e. The Hall–Kier alpha value is -3.49. The summed E-state index contributed by atoms with van der Waals surface area (Å²) in [4.78, 5) is 29.4. The van der Waals surface area contributed by atoms with E-state index in [1.54, 1.807) is 11.2 Å². The number of nitrogens with zero attached hydrogens (tertiary/aromatic N) is 6. The minimum atomic E-state index is -0.124. The molecule has 2 aliphatic rings. The number of ether oxygens (including phenoxy) is 1. The molecule has 2 aliphatic heterocycles. The Balaban J connectivity index is 1.37. The number of para-hydroxylation sites is 1. The van der Waals surface area contributed by atoms with Gasteiger partial charge < -0.3 is 14.5 Å². The van der Waals surface area contributed by atoms with Crippen molar-refractivity contribution in [3.63, 3.8) is 0 Å². The van der Waals surface area contributed by atoms with Crippen molar-refractivity contribution in [2.24, 2.45) is 0 Å². The fourth-order valence-corrected chi connectivity index (χ4v) is 3.72. The first-order valence-corrected chi connectivity index (χ1v) is 9.22. The highest BCUT2D eigenvalue weighted by Gasteiger charge is 2.27. The van der Waals surface area contributed by atoms with Crippen LogP contribution >= 0.6 is 0 Å². The van der Waals surface area contributed by atoms with Gasteiger partial charge in [0.15, 0.2) is 0 Å². The molecule has 0 unspecified atom stereocenters. The number of piperazine rings is 1. The zero-order valence-corrected chi connectivity index (χ0v) is 15.2. The highest BCUT2D eigenvalue weighted by molar-refractivity contribution is 5.90. The van der Waals surface area contributed by atoms with E-state index in [1.807, 2.05) is 18.2 Å². The fraction of sp³-hybridized carbons (Fsp3) is 0.316. The summed E-state index contributed by atoms with van der Waals surface area (Å²) in [5.41, 5.74) is 3.15. The Morgan fingerprint density at radius 1 is 1.04 bits per heavy atom. The average molecular weight is 377 g/mol. The molecule has 1 N–H and O–H groups in total. The minimum absolute atomic E-state index is 0.124. The second-order valence-electron chi connectivity index (χ2n) is 6.81. The first-order chi connectivity index (χ1) is 13.8. The number of hydrogen-bond donors (Lipinski definition) is 1. The van der Waals surface area contributed by atoms with Crippen LogP contribution in [0, 0.1) is 0 Å². The highest BCUT2D eigenvalue weighted by Crippen LogP contribution is 2.31. The number of nitrogens with one attached hydrogen (secondary N) is 1. The van der Waals surface area contributed by atoms with Crippen molar-refractivity contribution in [3.05, 3.63) is 59.6 Å². The number of aromatic amines is 1. The molecule has 142 valence electrons. The molecule has 0 atom stereocenters. The molecule has 28 heavy (non-hydrogen) atoms. The molecule has 4 heterocycles. The van der Waals surface area contributed by atoms with E-state index in [0.717, 1.165) is 34.8 Å². The van der Waals surface area contributed by atoms with Crippen molar-refractivity contribution in [1.29, 1.82) is 0 Å². The summed E-state index contributed by atoms with van der Waals surface area (Å²) in [6.07, 6.45) is 3.68. The van der Waals surface area contributed by atoms with Gasteiger partial charge in [-0.2, -0.15) is 5.10 Å². The van der Waals surface area contributed by atoms with Crippen LogP contribution < -0.4 is 9.64 Å². The van der Waals surface area contributed by atoms with Crippen molar-refractivity contribution in [2.45, 2.75) is 13.0 Å². The van der Waals surface area contributed by atoms with Crippen LogP contribution in [0.3, 0.4) is 0 Å². The summed E-state index contributed by atoms with van der Waals surface area (Å²) in [7, 11) is 0. The van der Waals surface area contributed by atoms with E-state index in [2.05, 4.69) is 36.1 Å². The fourth-order valence-electron chi connectivity index (χ4n) is 3.72. The number of H-pyrrole nitrogens is 1. The van der Waals surface area contributed by atoms with Crippen LogP contribution in [0.2, 0.25) is 0 Å². The summed E-state index contributed by atoms with van der Waals surface area (Å²) in [6, 6.07) is 8.06. The van der Waals surface area contributed by atoms with Gasteiger partial charge in [0, 0.05) is 38.2 Å². The highest BCUT2D eigenvalue weighted by atomic mass is 16.5. The van der Waals surface area contributed by atoms with Gasteiger partial charge in [-0.25, -0.2) is 15.0 Å². The lowest BCUT2D eigenvalue weighted by atomic mass is 10.0. The molecule has 2 aromatic heterocycles. The first-order valence-electron chi connectivity index (χ1n) is 9.22. The standard InChI is InChI=1S/C19H19N7O2/c27-19(17-21-12-23-24-17)26-7-5-25(6-8-26)18-14-9-13-3-1-2-4-16(13)28-10-15(14)20-11-22-18/h1-4,11-12H,5-10H2,(H,21,23,24). The van der Waals surface area contributed by atoms with E-state index < -0.39 is 0 Å². The van der Waals surface area contributed by atoms with Gasteiger partial charge in [0.2, 0.25) is 5.82 Å². The summed E-state index contributed by atoms with van der Waals surface area (Å²) in [5, 5.41) is 6.39. The molecular weight excluding hydrogens is 358 g/mol. The van der Waals surface area contributed by atoms with Crippen LogP contribution in [-0.4, -0.2) is 62.1 Å². The maximum absolute atomic E-state index is 12.5. The predicted molar refractivity (Wildman–Crippen MR) is 100 cm³/mol. The molecule has 1 fully saturated rings. The number of benzene rings is 1. The molecule has 0 aliphatic carbocycles. The quantitative estimate of drug-likeness (QED) is 0.712. The first kappa shape index (κ1) is 16.7. The van der Waals surface area contributed by atoms with Crippen LogP contribution in [0.5, 0.6) is 5.75 Å². The molecule has 0 bridgehead atoms. The lowest BCUT2D eigenvalue weighted by Crippen LogP contribution is -2.49. The molecule has 5 rings (SSSR count). The number of aromatic nitrogens is 5. The lowest BCUT2D eigenvalue weighted by molar-refractivity contribution is 0.0734. The van der Waals surface area contributed by atoms with Crippen LogP contribution in [0.25, 0.3) is 0 Å². The third-order valence-electron chi connectivity index (χ3n) is 5.20. The lowest BCUT2D eigenvalue weighted by Gasteiger charge is -2.35. The normalized spacial score (nSPS) is 16.0. The van der Waals surface area contributed by atoms with E-state index in [4.69, 9.17) is 4.74 Å². The Labute approximate surface area is 161 Å². The van der Waals surface area contributed by atoms with Crippen molar-refractivity contribution >= 4 is 11.7 Å². The number of anilines is 1. The second-order valence-corrected chi connectivity index (χ2v) is 6.81. The number of rotatable bonds is 2. The van der Waals surface area contributed by atoms with E-state index in [1.165, 1.54) is 6.33 Å². The van der Waals surface area contributed by atoms with Crippen molar-refractivity contribution in [1.82, 2.24) is 30.0 Å². The summed E-state index contributed by atoms with van der Waals surface area (Å²) in [6.45, 7) is 3.04. The van der Waals surface area contributed by atoms with Gasteiger partial charge in [0.1, 0.15) is 30.8 Å². The van der Waals surface area contributed by atoms with Crippen molar-refractivity contribution in [2.75, 3.05) is 31.1 Å². The molecular formula is C19H19N7O2. The zero-order valence-electron chi connectivity index (χ0n) is 15.2. The van der Waals surface area contributed by atoms with Gasteiger partial charge in [-0.3, -0.25) is 9.89 Å². The molecule has 9 nitrogen and oxygen atoms in total. The Morgan fingerprint density at radius 3 is 2.71 bits per heavy atom. The third-order valence-corrected chi connectivity index (χ3v) is 5.20. The minimum Gasteiger partial charge on any atom is -0.487 e. The third kappa shape index (κ3) is 2.94. The Kier molecular flexibility index (Phi) is 4.12. The predicted octanol–water partition coefficient (Wildman–Crippen LogP) is 1.04. The number of fused-ring (bicyclic) bond motifs is 2. The molecule has 3 aromatic rings. The monoisotopic (exact) mass is 377 g/mol. The average Bonchev–Trinajstić information content (AvgIpc) is 3.21. The van der Waals surface area contributed by atoms with Gasteiger partial charge in [-0.05, 0) is 11.6 Å². The van der Waals surface area contributed by atoms with Gasteiger partial charge in [-0.1, -0.05) is 18.2 Å². The van der Waals surface area contributed by atoms with E-state index in [-0.39, 0.29) is 11.7 Å². The topological polar surface area (TPSA) is 100 Å².